The van der Waals surface area contributed by atoms with Crippen molar-refractivity contribution in [3.8, 4) is 0 Å². The Morgan fingerprint density at radius 1 is 1.21 bits per heavy atom. The summed E-state index contributed by atoms with van der Waals surface area (Å²) in [5, 5.41) is 2.94. The largest absolute Gasteiger partial charge is 0.349 e. The number of carbonyl (C=O) groups excluding carboxylic acids is 2. The first-order chi connectivity index (χ1) is 14.0. The van der Waals surface area contributed by atoms with Crippen LogP contribution in [0.5, 0.6) is 0 Å². The fourth-order valence-electron chi connectivity index (χ4n) is 4.07. The summed E-state index contributed by atoms with van der Waals surface area (Å²) in [7, 11) is 0. The Labute approximate surface area is 170 Å². The van der Waals surface area contributed by atoms with Crippen LogP contribution in [0.1, 0.15) is 55.2 Å². The van der Waals surface area contributed by atoms with Gasteiger partial charge in [-0.15, -0.1) is 0 Å². The van der Waals surface area contributed by atoms with Gasteiger partial charge in [0.25, 0.3) is 0 Å². The Morgan fingerprint density at radius 3 is 2.69 bits per heavy atom. The maximum Gasteiger partial charge on any atom is 0.225 e. The molecule has 2 N–H and O–H groups in total. The molecular weight excluding hydrogens is 364 g/mol. The summed E-state index contributed by atoms with van der Waals surface area (Å²) in [4.78, 5) is 34.9. The highest BCUT2D eigenvalue weighted by Crippen LogP contribution is 2.33. The van der Waals surface area contributed by atoms with Gasteiger partial charge in [0.2, 0.25) is 11.8 Å². The van der Waals surface area contributed by atoms with E-state index in [4.69, 9.17) is 4.98 Å². The minimum Gasteiger partial charge on any atom is -0.349 e. The third-order valence-electron chi connectivity index (χ3n) is 5.53. The molecule has 2 amide bonds. The summed E-state index contributed by atoms with van der Waals surface area (Å²) in [5.41, 5.74) is 3.99. The van der Waals surface area contributed by atoms with Gasteiger partial charge in [0.15, 0.2) is 0 Å². The Morgan fingerprint density at radius 2 is 1.97 bits per heavy atom. The van der Waals surface area contributed by atoms with Crippen molar-refractivity contribution in [1.82, 2.24) is 20.2 Å². The van der Waals surface area contributed by atoms with Crippen molar-refractivity contribution in [2.75, 3.05) is 6.54 Å². The number of hydrogen-bond donors (Lipinski definition) is 2. The van der Waals surface area contributed by atoms with Crippen LogP contribution in [0.3, 0.4) is 0 Å². The van der Waals surface area contributed by atoms with Crippen molar-refractivity contribution in [2.24, 2.45) is 0 Å². The van der Waals surface area contributed by atoms with Crippen molar-refractivity contribution in [3.05, 3.63) is 65.5 Å². The molecule has 0 spiro atoms. The molecule has 6 nitrogen and oxygen atoms in total. The number of benzene rings is 2. The van der Waals surface area contributed by atoms with E-state index in [1.807, 2.05) is 60.4 Å². The van der Waals surface area contributed by atoms with Gasteiger partial charge in [0, 0.05) is 13.5 Å². The number of likely N-dealkylation sites (tertiary alicyclic amines) is 1. The van der Waals surface area contributed by atoms with Gasteiger partial charge in [-0.05, 0) is 37.5 Å². The molecule has 0 bridgehead atoms. The number of aromatic amines is 1. The number of H-pyrrole nitrogens is 1. The molecule has 150 valence electrons. The summed E-state index contributed by atoms with van der Waals surface area (Å²) >= 11 is 0. The number of imidazole rings is 1. The lowest BCUT2D eigenvalue weighted by molar-refractivity contribution is -0.133. The number of nitrogens with zero attached hydrogens (tertiary/aromatic N) is 2. The number of aromatic nitrogens is 2. The van der Waals surface area contributed by atoms with Crippen LogP contribution in [0, 0.1) is 6.92 Å². The van der Waals surface area contributed by atoms with E-state index in [-0.39, 0.29) is 30.3 Å². The smallest absolute Gasteiger partial charge is 0.225 e. The molecule has 1 aliphatic heterocycles. The number of hydrogen-bond acceptors (Lipinski definition) is 3. The molecule has 2 atom stereocenters. The van der Waals surface area contributed by atoms with Crippen LogP contribution in [0.15, 0.2) is 48.5 Å². The highest BCUT2D eigenvalue weighted by molar-refractivity contribution is 5.80. The third kappa shape index (κ3) is 4.16. The Kier molecular flexibility index (Phi) is 5.34. The Balaban J connectivity index is 1.54. The first-order valence-electron chi connectivity index (χ1n) is 10.1. The highest BCUT2D eigenvalue weighted by atomic mass is 16.2. The zero-order chi connectivity index (χ0) is 20.4. The maximum absolute atomic E-state index is 13.2. The van der Waals surface area contributed by atoms with Gasteiger partial charge in [-0.2, -0.15) is 0 Å². The van der Waals surface area contributed by atoms with Gasteiger partial charge < -0.3 is 15.2 Å². The van der Waals surface area contributed by atoms with Gasteiger partial charge >= 0.3 is 0 Å². The number of aryl methyl sites for hydroxylation is 1. The molecule has 0 aliphatic carbocycles. The van der Waals surface area contributed by atoms with E-state index < -0.39 is 0 Å². The summed E-state index contributed by atoms with van der Waals surface area (Å²) < 4.78 is 0. The van der Waals surface area contributed by atoms with Gasteiger partial charge in [0.1, 0.15) is 5.82 Å². The van der Waals surface area contributed by atoms with E-state index >= 15 is 0 Å². The molecule has 3 aromatic rings. The molecule has 1 fully saturated rings. The van der Waals surface area contributed by atoms with Crippen LogP contribution in [0.2, 0.25) is 0 Å². The minimum absolute atomic E-state index is 0.0345. The van der Waals surface area contributed by atoms with E-state index in [1.54, 1.807) is 0 Å². The number of rotatable bonds is 5. The quantitative estimate of drug-likeness (QED) is 0.695. The maximum atomic E-state index is 13.2. The first-order valence-corrected chi connectivity index (χ1v) is 10.1. The number of nitrogens with one attached hydrogen (secondary N) is 2. The molecule has 2 aromatic carbocycles. The SMILES string of the molecule is CC(=O)NC(CC(=O)N1CCCC1c1nc2ccccc2[nH]1)c1ccc(C)cc1. The fourth-order valence-corrected chi connectivity index (χ4v) is 4.07. The fraction of sp³-hybridized carbons (Fsp3) is 0.348. The monoisotopic (exact) mass is 390 g/mol. The molecule has 1 saturated heterocycles. The second kappa shape index (κ2) is 8.07. The third-order valence-corrected chi connectivity index (χ3v) is 5.53. The van der Waals surface area contributed by atoms with Crippen LogP contribution in [0.4, 0.5) is 0 Å². The topological polar surface area (TPSA) is 78.1 Å². The van der Waals surface area contributed by atoms with Crippen molar-refractivity contribution in [2.45, 2.75) is 45.2 Å². The average molecular weight is 390 g/mol. The van der Waals surface area contributed by atoms with E-state index in [0.29, 0.717) is 6.54 Å². The van der Waals surface area contributed by atoms with Gasteiger partial charge in [-0.25, -0.2) is 4.98 Å². The summed E-state index contributed by atoms with van der Waals surface area (Å²) in [6.07, 6.45) is 2.07. The van der Waals surface area contributed by atoms with E-state index in [2.05, 4.69) is 10.3 Å². The van der Waals surface area contributed by atoms with E-state index in [9.17, 15) is 9.59 Å². The van der Waals surface area contributed by atoms with Crippen molar-refractivity contribution in [1.29, 1.82) is 0 Å². The lowest BCUT2D eigenvalue weighted by Gasteiger charge is -2.26. The van der Waals surface area contributed by atoms with Gasteiger partial charge in [-0.1, -0.05) is 42.0 Å². The second-order valence-electron chi connectivity index (χ2n) is 7.75. The van der Waals surface area contributed by atoms with Crippen LogP contribution >= 0.6 is 0 Å². The zero-order valence-corrected chi connectivity index (χ0v) is 16.8. The highest BCUT2D eigenvalue weighted by Gasteiger charge is 2.33. The number of amides is 2. The summed E-state index contributed by atoms with van der Waals surface area (Å²) in [6, 6.07) is 15.5. The molecule has 1 aliphatic rings. The minimum atomic E-state index is -0.336. The predicted molar refractivity (Wildman–Crippen MR) is 112 cm³/mol. The molecule has 2 unspecified atom stereocenters. The second-order valence-corrected chi connectivity index (χ2v) is 7.75. The first kappa shape index (κ1) is 19.2. The van der Waals surface area contributed by atoms with Crippen molar-refractivity contribution >= 4 is 22.8 Å². The number of para-hydroxylation sites is 2. The van der Waals surface area contributed by atoms with Crippen LogP contribution in [0.25, 0.3) is 11.0 Å². The standard InChI is InChI=1S/C23H26N4O2/c1-15-9-11-17(12-10-15)20(24-16(2)28)14-22(29)27-13-5-8-21(27)23-25-18-6-3-4-7-19(18)26-23/h3-4,6-7,9-12,20-21H,5,8,13-14H2,1-2H3,(H,24,28)(H,25,26). The molecule has 4 rings (SSSR count). The molecule has 1 aromatic heterocycles. The summed E-state index contributed by atoms with van der Waals surface area (Å²) in [5.74, 6) is 0.731. The van der Waals surface area contributed by atoms with Crippen LogP contribution < -0.4 is 5.32 Å². The number of carbonyl (C=O) groups is 2. The molecule has 0 saturated carbocycles. The Bertz CT molecular complexity index is 992. The molecule has 6 heteroatoms. The summed E-state index contributed by atoms with van der Waals surface area (Å²) in [6.45, 7) is 4.21. The molecular formula is C23H26N4O2. The molecule has 29 heavy (non-hydrogen) atoms. The van der Waals surface area contributed by atoms with Crippen molar-refractivity contribution < 1.29 is 9.59 Å². The number of fused-ring (bicyclic) bond motifs is 1. The lowest BCUT2D eigenvalue weighted by Crippen LogP contribution is -2.36. The normalized spacial score (nSPS) is 17.4. The molecule has 0 radical (unpaired) electrons. The zero-order valence-electron chi connectivity index (χ0n) is 16.8. The predicted octanol–water partition coefficient (Wildman–Crippen LogP) is 3.80. The average Bonchev–Trinajstić information content (AvgIpc) is 3.34. The lowest BCUT2D eigenvalue weighted by atomic mass is 10.0. The van der Waals surface area contributed by atoms with E-state index in [1.165, 1.54) is 6.92 Å². The van der Waals surface area contributed by atoms with Gasteiger partial charge in [0.05, 0.1) is 29.5 Å². The molecule has 2 heterocycles. The van der Waals surface area contributed by atoms with Gasteiger partial charge in [-0.3, -0.25) is 9.59 Å². The van der Waals surface area contributed by atoms with Crippen LogP contribution in [-0.2, 0) is 9.59 Å². The van der Waals surface area contributed by atoms with E-state index in [0.717, 1.165) is 40.8 Å². The van der Waals surface area contributed by atoms with Crippen LogP contribution in [-0.4, -0.2) is 33.2 Å². The Hall–Kier alpha value is -3.15. The van der Waals surface area contributed by atoms with Crippen molar-refractivity contribution in [3.63, 3.8) is 0 Å².